The number of halogens is 2. The molecule has 8 nitrogen and oxygen atoms in total. The maximum Gasteiger partial charge on any atom is 0.289 e. The zero-order valence-electron chi connectivity index (χ0n) is 17.7. The molecule has 1 heterocycles. The van der Waals surface area contributed by atoms with Crippen molar-refractivity contribution in [2.24, 2.45) is 7.05 Å². The molecule has 0 saturated carbocycles. The van der Waals surface area contributed by atoms with E-state index in [0.717, 1.165) is 11.8 Å². The maximum atomic E-state index is 14.3. The first-order valence-corrected chi connectivity index (χ1v) is 11.2. The summed E-state index contributed by atoms with van der Waals surface area (Å²) in [5, 5.41) is 21.8. The average molecular weight is 498 g/mol. The molecular formula is C23H17ClFN5O3S. The minimum atomic E-state index is -0.771. The van der Waals surface area contributed by atoms with Crippen LogP contribution in [-0.4, -0.2) is 25.6 Å². The zero-order chi connectivity index (χ0) is 24.2. The smallest absolute Gasteiger partial charge is 0.289 e. The summed E-state index contributed by atoms with van der Waals surface area (Å²) in [5.74, 6) is -0.541. The monoisotopic (exact) mass is 497 g/mol. The van der Waals surface area contributed by atoms with Crippen molar-refractivity contribution in [3.63, 3.8) is 0 Å². The number of hydrogen-bond acceptors (Lipinski definition) is 6. The van der Waals surface area contributed by atoms with E-state index in [0.29, 0.717) is 22.1 Å². The summed E-state index contributed by atoms with van der Waals surface area (Å²) in [6, 6.07) is 19.2. The van der Waals surface area contributed by atoms with E-state index in [1.54, 1.807) is 54.1 Å². The number of carbonyl (C=O) groups is 1. The quantitative estimate of drug-likeness (QED) is 0.201. The summed E-state index contributed by atoms with van der Waals surface area (Å²) in [7, 11) is 1.69. The van der Waals surface area contributed by atoms with Crippen LogP contribution in [0.1, 0.15) is 10.8 Å². The number of nitrogens with zero attached hydrogens (tertiary/aromatic N) is 4. The Kier molecular flexibility index (Phi) is 6.90. The van der Waals surface area contributed by atoms with Gasteiger partial charge in [0.2, 0.25) is 5.91 Å². The molecule has 3 aromatic carbocycles. The van der Waals surface area contributed by atoms with Gasteiger partial charge in [-0.25, -0.2) is 4.39 Å². The van der Waals surface area contributed by atoms with Crippen molar-refractivity contribution in [2.45, 2.75) is 10.4 Å². The normalized spacial score (nSPS) is 11.7. The van der Waals surface area contributed by atoms with Gasteiger partial charge in [0.1, 0.15) is 16.1 Å². The first kappa shape index (κ1) is 23.4. The molecule has 0 spiro atoms. The second-order valence-corrected chi connectivity index (χ2v) is 8.65. The van der Waals surface area contributed by atoms with Gasteiger partial charge in [-0.2, -0.15) is 0 Å². The second kappa shape index (κ2) is 10.0. The number of rotatable bonds is 7. The Bertz CT molecular complexity index is 1370. The van der Waals surface area contributed by atoms with Crippen LogP contribution in [0.15, 0.2) is 78.0 Å². The van der Waals surface area contributed by atoms with Crippen LogP contribution in [0.4, 0.5) is 15.8 Å². The van der Waals surface area contributed by atoms with Crippen molar-refractivity contribution < 1.29 is 14.1 Å². The van der Waals surface area contributed by atoms with Crippen molar-refractivity contribution in [3.8, 4) is 11.4 Å². The van der Waals surface area contributed by atoms with E-state index in [1.807, 2.05) is 6.07 Å². The average Bonchev–Trinajstić information content (AvgIpc) is 3.19. The SMILES string of the molecule is Cn1c(S[C@H](C(=O)Nc2ccc(Cl)c([N+](=O)[O-])c2)c2ccccc2)nnc1-c1ccccc1F. The Morgan fingerprint density at radius 2 is 1.82 bits per heavy atom. The van der Waals surface area contributed by atoms with Crippen molar-refractivity contribution in [2.75, 3.05) is 5.32 Å². The third kappa shape index (κ3) is 4.92. The van der Waals surface area contributed by atoms with Crippen molar-refractivity contribution in [1.29, 1.82) is 0 Å². The third-order valence-electron chi connectivity index (χ3n) is 4.92. The molecule has 0 bridgehead atoms. The van der Waals surface area contributed by atoms with E-state index in [2.05, 4.69) is 15.5 Å². The Hall–Kier alpha value is -3.76. The van der Waals surface area contributed by atoms with E-state index in [9.17, 15) is 19.3 Å². The lowest BCUT2D eigenvalue weighted by Gasteiger charge is -2.17. The van der Waals surface area contributed by atoms with Gasteiger partial charge in [-0.1, -0.05) is 65.8 Å². The molecule has 0 aliphatic rings. The van der Waals surface area contributed by atoms with Crippen molar-refractivity contribution in [3.05, 3.63) is 99.3 Å². The predicted molar refractivity (Wildman–Crippen MR) is 128 cm³/mol. The van der Waals surface area contributed by atoms with Gasteiger partial charge < -0.3 is 9.88 Å². The van der Waals surface area contributed by atoms with Crippen molar-refractivity contribution in [1.82, 2.24) is 14.8 Å². The summed E-state index contributed by atoms with van der Waals surface area (Å²) in [4.78, 5) is 23.9. The first-order valence-electron chi connectivity index (χ1n) is 9.96. The molecular weight excluding hydrogens is 481 g/mol. The largest absolute Gasteiger partial charge is 0.325 e. The first-order chi connectivity index (χ1) is 16.3. The highest BCUT2D eigenvalue weighted by Crippen LogP contribution is 2.37. The van der Waals surface area contributed by atoms with Crippen LogP contribution >= 0.6 is 23.4 Å². The molecule has 4 aromatic rings. The molecule has 1 amide bonds. The minimum Gasteiger partial charge on any atom is -0.325 e. The van der Waals surface area contributed by atoms with Gasteiger partial charge in [0.15, 0.2) is 11.0 Å². The highest BCUT2D eigenvalue weighted by atomic mass is 35.5. The standard InChI is InChI=1S/C23H17ClFN5O3S/c1-29-21(16-9-5-6-10-18(16)25)27-28-23(29)34-20(14-7-3-2-4-8-14)22(31)26-15-11-12-17(24)19(13-15)30(32)33/h2-13,20H,1H3,(H,26,31)/t20-/m0/s1. The molecule has 0 aliphatic carbocycles. The van der Waals surface area contributed by atoms with Gasteiger partial charge in [-0.3, -0.25) is 14.9 Å². The fraction of sp³-hybridized carbons (Fsp3) is 0.0870. The highest BCUT2D eigenvalue weighted by Gasteiger charge is 2.26. The summed E-state index contributed by atoms with van der Waals surface area (Å²) in [6.45, 7) is 0. The van der Waals surface area contributed by atoms with Crippen LogP contribution < -0.4 is 5.32 Å². The number of nitro groups is 1. The molecule has 0 aliphatic heterocycles. The molecule has 172 valence electrons. The van der Waals surface area contributed by atoms with Crippen LogP contribution in [0.2, 0.25) is 5.02 Å². The van der Waals surface area contributed by atoms with Gasteiger partial charge in [0.25, 0.3) is 5.69 Å². The van der Waals surface area contributed by atoms with Crippen LogP contribution in [-0.2, 0) is 11.8 Å². The summed E-state index contributed by atoms with van der Waals surface area (Å²) in [5.41, 5.74) is 0.890. The molecule has 1 aromatic heterocycles. The zero-order valence-corrected chi connectivity index (χ0v) is 19.3. The van der Waals surface area contributed by atoms with E-state index >= 15 is 0 Å². The van der Waals surface area contributed by atoms with E-state index in [4.69, 9.17) is 11.6 Å². The fourth-order valence-corrected chi connectivity index (χ4v) is 4.43. The number of anilines is 1. The van der Waals surface area contributed by atoms with Gasteiger partial charge >= 0.3 is 0 Å². The lowest BCUT2D eigenvalue weighted by atomic mass is 10.1. The topological polar surface area (TPSA) is 103 Å². The van der Waals surface area contributed by atoms with Gasteiger partial charge in [0.05, 0.1) is 10.5 Å². The number of nitro benzene ring substituents is 1. The summed E-state index contributed by atoms with van der Waals surface area (Å²) >= 11 is 7.00. The number of nitrogens with one attached hydrogen (secondary N) is 1. The maximum absolute atomic E-state index is 14.3. The minimum absolute atomic E-state index is 0.0308. The van der Waals surface area contributed by atoms with Gasteiger partial charge in [0, 0.05) is 18.8 Å². The Balaban J connectivity index is 1.65. The molecule has 1 N–H and O–H groups in total. The Labute approximate surface area is 202 Å². The molecule has 0 unspecified atom stereocenters. The highest BCUT2D eigenvalue weighted by molar-refractivity contribution is 8.00. The van der Waals surface area contributed by atoms with Crippen LogP contribution in [0.5, 0.6) is 0 Å². The third-order valence-corrected chi connectivity index (χ3v) is 6.53. The molecule has 4 rings (SSSR count). The fourth-order valence-electron chi connectivity index (χ4n) is 3.24. The van der Waals surface area contributed by atoms with E-state index < -0.39 is 21.9 Å². The molecule has 0 fully saturated rings. The number of carbonyl (C=O) groups excluding carboxylic acids is 1. The second-order valence-electron chi connectivity index (χ2n) is 7.17. The number of aromatic nitrogens is 3. The number of thioether (sulfide) groups is 1. The number of amides is 1. The van der Waals surface area contributed by atoms with Gasteiger partial charge in [-0.05, 0) is 29.8 Å². The molecule has 34 heavy (non-hydrogen) atoms. The molecule has 1 atom stereocenters. The Morgan fingerprint density at radius 1 is 1.12 bits per heavy atom. The lowest BCUT2D eigenvalue weighted by molar-refractivity contribution is -0.384. The number of hydrogen-bond donors (Lipinski definition) is 1. The lowest BCUT2D eigenvalue weighted by Crippen LogP contribution is -2.19. The van der Waals surface area contributed by atoms with Crippen LogP contribution in [0, 0.1) is 15.9 Å². The van der Waals surface area contributed by atoms with Crippen LogP contribution in [0.25, 0.3) is 11.4 Å². The molecule has 0 radical (unpaired) electrons. The Morgan fingerprint density at radius 3 is 2.53 bits per heavy atom. The molecule has 11 heteroatoms. The van der Waals surface area contributed by atoms with Crippen molar-refractivity contribution >= 4 is 40.6 Å². The van der Waals surface area contributed by atoms with Gasteiger partial charge in [-0.15, -0.1) is 10.2 Å². The van der Waals surface area contributed by atoms with E-state index in [1.165, 1.54) is 24.3 Å². The van der Waals surface area contributed by atoms with E-state index in [-0.39, 0.29) is 16.4 Å². The van der Waals surface area contributed by atoms with Crippen LogP contribution in [0.3, 0.4) is 0 Å². The molecule has 0 saturated heterocycles. The predicted octanol–water partition coefficient (Wildman–Crippen LogP) is 5.65. The number of benzene rings is 3. The summed E-state index contributed by atoms with van der Waals surface area (Å²) < 4.78 is 15.9. The summed E-state index contributed by atoms with van der Waals surface area (Å²) in [6.07, 6.45) is 0.